The minimum atomic E-state index is -0.829. The van der Waals surface area contributed by atoms with Gasteiger partial charge in [0, 0.05) is 19.3 Å². The molecule has 0 aliphatic carbocycles. The number of aromatic nitrogens is 2. The van der Waals surface area contributed by atoms with Crippen molar-refractivity contribution in [3.05, 3.63) is 12.3 Å². The molecule has 0 aromatic carbocycles. The maximum atomic E-state index is 10.1. The zero-order chi connectivity index (χ0) is 12.9. The zero-order valence-corrected chi connectivity index (χ0v) is 10.4. The quantitative estimate of drug-likeness (QED) is 0.392. The molecule has 1 unspecified atom stereocenters. The number of nitrogens with two attached hydrogens (primary N) is 1. The van der Waals surface area contributed by atoms with E-state index in [2.05, 4.69) is 20.7 Å². The van der Waals surface area contributed by atoms with E-state index in [9.17, 15) is 5.11 Å². The third-order valence-electron chi connectivity index (χ3n) is 2.09. The number of nitrogens with zero attached hydrogens (tertiary/aromatic N) is 3. The SMILES string of the molecule is CN(C)CC(C)(O)CNc1ccnc(NN)n1. The Morgan fingerprint density at radius 3 is 2.82 bits per heavy atom. The molecule has 0 spiro atoms. The maximum Gasteiger partial charge on any atom is 0.239 e. The summed E-state index contributed by atoms with van der Waals surface area (Å²) in [5.74, 6) is 6.16. The summed E-state index contributed by atoms with van der Waals surface area (Å²) in [5, 5.41) is 13.1. The van der Waals surface area contributed by atoms with Gasteiger partial charge in [-0.1, -0.05) is 0 Å². The van der Waals surface area contributed by atoms with Crippen LogP contribution in [0.4, 0.5) is 11.8 Å². The fourth-order valence-electron chi connectivity index (χ4n) is 1.54. The van der Waals surface area contributed by atoms with E-state index in [-0.39, 0.29) is 0 Å². The van der Waals surface area contributed by atoms with Crippen molar-refractivity contribution in [2.45, 2.75) is 12.5 Å². The first-order chi connectivity index (χ1) is 7.93. The van der Waals surface area contributed by atoms with E-state index in [1.807, 2.05) is 19.0 Å². The van der Waals surface area contributed by atoms with Crippen LogP contribution in [0.3, 0.4) is 0 Å². The summed E-state index contributed by atoms with van der Waals surface area (Å²) in [5.41, 5.74) is 1.54. The summed E-state index contributed by atoms with van der Waals surface area (Å²) < 4.78 is 0. The number of nitrogens with one attached hydrogen (secondary N) is 2. The van der Waals surface area contributed by atoms with Crippen molar-refractivity contribution in [2.24, 2.45) is 5.84 Å². The number of anilines is 2. The number of likely N-dealkylation sites (N-methyl/N-ethyl adjacent to an activating group) is 1. The van der Waals surface area contributed by atoms with Gasteiger partial charge in [-0.25, -0.2) is 10.8 Å². The highest BCUT2D eigenvalue weighted by Crippen LogP contribution is 2.09. The minimum absolute atomic E-state index is 0.335. The molecule has 1 aromatic rings. The molecule has 1 rings (SSSR count). The van der Waals surface area contributed by atoms with Gasteiger partial charge in [-0.05, 0) is 27.1 Å². The van der Waals surface area contributed by atoms with E-state index >= 15 is 0 Å². The molecular weight excluding hydrogens is 220 g/mol. The summed E-state index contributed by atoms with van der Waals surface area (Å²) in [4.78, 5) is 9.91. The minimum Gasteiger partial charge on any atom is -0.387 e. The maximum absolute atomic E-state index is 10.1. The monoisotopic (exact) mass is 240 g/mol. The van der Waals surface area contributed by atoms with Gasteiger partial charge in [-0.15, -0.1) is 0 Å². The Labute approximate surface area is 101 Å². The first kappa shape index (κ1) is 13.6. The smallest absolute Gasteiger partial charge is 0.239 e. The number of aliphatic hydroxyl groups is 1. The molecule has 0 amide bonds. The molecule has 0 aliphatic heterocycles. The summed E-state index contributed by atoms with van der Waals surface area (Å²) >= 11 is 0. The molecule has 0 bridgehead atoms. The van der Waals surface area contributed by atoms with Crippen molar-refractivity contribution in [3.8, 4) is 0 Å². The Bertz CT molecular complexity index is 354. The average Bonchev–Trinajstić information content (AvgIpc) is 2.25. The Hall–Kier alpha value is -1.44. The Morgan fingerprint density at radius 2 is 2.24 bits per heavy atom. The molecule has 1 heterocycles. The van der Waals surface area contributed by atoms with E-state index in [1.54, 1.807) is 19.2 Å². The van der Waals surface area contributed by atoms with Crippen LogP contribution in [0.25, 0.3) is 0 Å². The number of hydrogen-bond acceptors (Lipinski definition) is 7. The molecule has 7 nitrogen and oxygen atoms in total. The van der Waals surface area contributed by atoms with Crippen LogP contribution in [0.1, 0.15) is 6.92 Å². The summed E-state index contributed by atoms with van der Waals surface area (Å²) in [7, 11) is 3.82. The van der Waals surface area contributed by atoms with Gasteiger partial charge in [-0.2, -0.15) is 4.98 Å². The highest BCUT2D eigenvalue weighted by atomic mass is 16.3. The van der Waals surface area contributed by atoms with Gasteiger partial charge in [0.1, 0.15) is 5.82 Å². The molecule has 1 atom stereocenters. The summed E-state index contributed by atoms with van der Waals surface area (Å²) in [6, 6.07) is 1.71. The summed E-state index contributed by atoms with van der Waals surface area (Å²) in [6.45, 7) is 2.72. The van der Waals surface area contributed by atoms with Crippen molar-refractivity contribution < 1.29 is 5.11 Å². The number of rotatable bonds is 6. The molecule has 1 aromatic heterocycles. The van der Waals surface area contributed by atoms with Crippen LogP contribution in [-0.2, 0) is 0 Å². The average molecular weight is 240 g/mol. The predicted molar refractivity (Wildman–Crippen MR) is 67.5 cm³/mol. The largest absolute Gasteiger partial charge is 0.387 e. The lowest BCUT2D eigenvalue weighted by Crippen LogP contribution is -2.43. The topological polar surface area (TPSA) is 99.3 Å². The van der Waals surface area contributed by atoms with E-state index in [4.69, 9.17) is 5.84 Å². The third kappa shape index (κ3) is 4.94. The standard InChI is InChI=1S/C10H20N6O/c1-10(17,7-16(2)3)6-13-8-4-5-12-9(14-8)15-11/h4-5,17H,6-7,11H2,1-3H3,(H2,12,13,14,15). The fourth-order valence-corrected chi connectivity index (χ4v) is 1.54. The first-order valence-corrected chi connectivity index (χ1v) is 5.33. The van der Waals surface area contributed by atoms with Crippen LogP contribution in [0, 0.1) is 0 Å². The van der Waals surface area contributed by atoms with E-state index in [0.717, 1.165) is 0 Å². The predicted octanol–water partition coefficient (Wildman–Crippen LogP) is -0.513. The second-order valence-electron chi connectivity index (χ2n) is 4.50. The van der Waals surface area contributed by atoms with Crippen molar-refractivity contribution in [2.75, 3.05) is 37.9 Å². The Balaban J connectivity index is 2.54. The molecule has 0 saturated carbocycles. The van der Waals surface area contributed by atoms with E-state index in [0.29, 0.717) is 24.9 Å². The van der Waals surface area contributed by atoms with Crippen molar-refractivity contribution in [1.29, 1.82) is 0 Å². The van der Waals surface area contributed by atoms with E-state index < -0.39 is 5.60 Å². The van der Waals surface area contributed by atoms with Gasteiger partial charge in [-0.3, -0.25) is 5.43 Å². The molecule has 7 heteroatoms. The van der Waals surface area contributed by atoms with Crippen LogP contribution >= 0.6 is 0 Å². The second kappa shape index (κ2) is 5.76. The van der Waals surface area contributed by atoms with Crippen LogP contribution < -0.4 is 16.6 Å². The van der Waals surface area contributed by atoms with Crippen LogP contribution in [0.15, 0.2) is 12.3 Å². The van der Waals surface area contributed by atoms with Crippen molar-refractivity contribution >= 4 is 11.8 Å². The first-order valence-electron chi connectivity index (χ1n) is 5.33. The van der Waals surface area contributed by atoms with Gasteiger partial charge in [0.15, 0.2) is 0 Å². The lowest BCUT2D eigenvalue weighted by Gasteiger charge is -2.27. The fraction of sp³-hybridized carbons (Fsp3) is 0.600. The lowest BCUT2D eigenvalue weighted by atomic mass is 10.1. The van der Waals surface area contributed by atoms with Gasteiger partial charge < -0.3 is 15.3 Å². The molecule has 0 aliphatic rings. The molecule has 17 heavy (non-hydrogen) atoms. The van der Waals surface area contributed by atoms with Gasteiger partial charge in [0.2, 0.25) is 5.95 Å². The number of hydrogen-bond donors (Lipinski definition) is 4. The van der Waals surface area contributed by atoms with E-state index in [1.165, 1.54) is 0 Å². The second-order valence-corrected chi connectivity index (χ2v) is 4.50. The zero-order valence-electron chi connectivity index (χ0n) is 10.4. The molecular formula is C10H20N6O. The lowest BCUT2D eigenvalue weighted by molar-refractivity contribution is 0.0459. The molecule has 0 saturated heterocycles. The van der Waals surface area contributed by atoms with Crippen molar-refractivity contribution in [3.63, 3.8) is 0 Å². The van der Waals surface area contributed by atoms with Gasteiger partial charge in [0.05, 0.1) is 5.60 Å². The molecule has 0 radical (unpaired) electrons. The Kier molecular flexibility index (Phi) is 4.62. The van der Waals surface area contributed by atoms with Crippen LogP contribution in [0.2, 0.25) is 0 Å². The normalized spacial score (nSPS) is 14.5. The summed E-state index contributed by atoms with van der Waals surface area (Å²) in [6.07, 6.45) is 1.59. The number of nitrogen functional groups attached to an aromatic ring is 1. The Morgan fingerprint density at radius 1 is 1.53 bits per heavy atom. The number of hydrazine groups is 1. The highest BCUT2D eigenvalue weighted by molar-refractivity contribution is 5.39. The molecule has 96 valence electrons. The molecule has 5 N–H and O–H groups in total. The van der Waals surface area contributed by atoms with Gasteiger partial charge >= 0.3 is 0 Å². The van der Waals surface area contributed by atoms with Crippen molar-refractivity contribution in [1.82, 2.24) is 14.9 Å². The van der Waals surface area contributed by atoms with Gasteiger partial charge in [0.25, 0.3) is 0 Å². The highest BCUT2D eigenvalue weighted by Gasteiger charge is 2.21. The molecule has 0 fully saturated rings. The van der Waals surface area contributed by atoms with Crippen LogP contribution in [-0.4, -0.2) is 52.8 Å². The third-order valence-corrected chi connectivity index (χ3v) is 2.09. The van der Waals surface area contributed by atoms with Crippen LogP contribution in [0.5, 0.6) is 0 Å².